The third-order valence-corrected chi connectivity index (χ3v) is 5.24. The molecule has 1 N–H and O–H groups in total. The number of hydrogen-bond donors (Lipinski definition) is 1. The predicted molar refractivity (Wildman–Crippen MR) is 111 cm³/mol. The van der Waals surface area contributed by atoms with Crippen molar-refractivity contribution < 1.29 is 0 Å². The molecule has 0 aliphatic rings. The van der Waals surface area contributed by atoms with Crippen LogP contribution in [-0.4, -0.2) is 0 Å². The van der Waals surface area contributed by atoms with E-state index in [9.17, 15) is 0 Å². The molecule has 132 valence electrons. The zero-order valence-electron chi connectivity index (χ0n) is 15.7. The summed E-state index contributed by atoms with van der Waals surface area (Å²) in [5, 5.41) is 3.58. The molecule has 3 aromatic carbocycles. The minimum Gasteiger partial charge on any atom is -0.384 e. The van der Waals surface area contributed by atoms with Crippen LogP contribution in [-0.2, 0) is 18.4 Å². The molecule has 0 bridgehead atoms. The van der Waals surface area contributed by atoms with E-state index < -0.39 is 0 Å². The van der Waals surface area contributed by atoms with Crippen LogP contribution in [0.5, 0.6) is 0 Å². The van der Waals surface area contributed by atoms with Gasteiger partial charge in [-0.2, -0.15) is 0 Å². The summed E-state index contributed by atoms with van der Waals surface area (Å²) in [5.74, 6) is 0. The Morgan fingerprint density at radius 3 is 1.69 bits per heavy atom. The average Bonchev–Trinajstić information content (AvgIpc) is 2.73. The predicted octanol–water partition coefficient (Wildman–Crippen LogP) is 5.86. The number of allylic oxidation sites excluding steroid dienone is 1. The summed E-state index contributed by atoms with van der Waals surface area (Å²) in [6.45, 7) is 9.62. The zero-order valence-corrected chi connectivity index (χ0v) is 15.7. The maximum Gasteiger partial charge on any atom is 0.0564 e. The van der Waals surface area contributed by atoms with Crippen LogP contribution < -0.4 is 5.32 Å². The molecule has 0 saturated heterocycles. The minimum atomic E-state index is -0.286. The lowest BCUT2D eigenvalue weighted by Gasteiger charge is -2.34. The van der Waals surface area contributed by atoms with E-state index in [1.807, 2.05) is 0 Å². The Labute approximate surface area is 157 Å². The summed E-state index contributed by atoms with van der Waals surface area (Å²) in [6.07, 6.45) is 1.07. The van der Waals surface area contributed by atoms with Gasteiger partial charge in [0.25, 0.3) is 0 Å². The summed E-state index contributed by atoms with van der Waals surface area (Å²) >= 11 is 0. The van der Waals surface area contributed by atoms with Crippen LogP contribution in [0.4, 0.5) is 0 Å². The van der Waals surface area contributed by atoms with Gasteiger partial charge in [0.15, 0.2) is 0 Å². The summed E-state index contributed by atoms with van der Waals surface area (Å²) in [4.78, 5) is 0. The van der Waals surface area contributed by atoms with Crippen LogP contribution in [0, 0.1) is 0 Å². The van der Waals surface area contributed by atoms with Crippen molar-refractivity contribution in [1.82, 2.24) is 5.32 Å². The van der Waals surface area contributed by atoms with E-state index in [0.717, 1.165) is 18.7 Å². The second-order valence-corrected chi connectivity index (χ2v) is 6.86. The summed E-state index contributed by atoms with van der Waals surface area (Å²) in [6, 6.07) is 30.0. The molecule has 0 aliphatic carbocycles. The molecular formula is C25H27N. The molecule has 0 aromatic heterocycles. The first-order valence-corrected chi connectivity index (χ1v) is 9.26. The van der Waals surface area contributed by atoms with Gasteiger partial charge in [0.2, 0.25) is 0 Å². The summed E-state index contributed by atoms with van der Waals surface area (Å²) in [5.41, 5.74) is 5.84. The van der Waals surface area contributed by atoms with Crippen LogP contribution in [0.3, 0.4) is 0 Å². The van der Waals surface area contributed by atoms with E-state index in [2.05, 4.69) is 111 Å². The molecule has 1 heteroatoms. The van der Waals surface area contributed by atoms with Gasteiger partial charge in [0.05, 0.1) is 5.41 Å². The maximum atomic E-state index is 4.42. The fraction of sp³-hybridized carbons (Fsp3) is 0.200. The van der Waals surface area contributed by atoms with E-state index in [4.69, 9.17) is 0 Å². The SMILES string of the molecule is C=C(NCc1ccc(CC)cc1)C(C)(c1ccccc1)c1ccccc1. The standard InChI is InChI=1S/C25H27N/c1-4-21-15-17-22(18-16-21)19-26-20(2)25(3,23-11-7-5-8-12-23)24-13-9-6-10-14-24/h5-18,26H,2,4,19H2,1,3H3. The highest BCUT2D eigenvalue weighted by molar-refractivity contribution is 5.46. The Balaban J connectivity index is 1.86. The summed E-state index contributed by atoms with van der Waals surface area (Å²) < 4.78 is 0. The maximum absolute atomic E-state index is 4.42. The lowest BCUT2D eigenvalue weighted by atomic mass is 9.74. The van der Waals surface area contributed by atoms with Gasteiger partial charge in [0.1, 0.15) is 0 Å². The average molecular weight is 341 g/mol. The van der Waals surface area contributed by atoms with Gasteiger partial charge in [-0.25, -0.2) is 0 Å². The Kier molecular flexibility index (Phi) is 5.58. The second kappa shape index (κ2) is 8.05. The van der Waals surface area contributed by atoms with Crippen molar-refractivity contribution in [2.45, 2.75) is 32.2 Å². The molecule has 0 atom stereocenters. The van der Waals surface area contributed by atoms with Gasteiger partial charge in [-0.3, -0.25) is 0 Å². The van der Waals surface area contributed by atoms with Gasteiger partial charge in [0, 0.05) is 12.2 Å². The quantitative estimate of drug-likeness (QED) is 0.567. The molecule has 3 rings (SSSR count). The molecule has 0 saturated carbocycles. The van der Waals surface area contributed by atoms with Crippen molar-refractivity contribution in [1.29, 1.82) is 0 Å². The normalized spacial score (nSPS) is 11.2. The number of hydrogen-bond acceptors (Lipinski definition) is 1. The highest BCUT2D eigenvalue weighted by Crippen LogP contribution is 2.36. The Morgan fingerprint density at radius 2 is 1.23 bits per heavy atom. The Morgan fingerprint density at radius 1 is 0.769 bits per heavy atom. The highest BCUT2D eigenvalue weighted by atomic mass is 14.9. The number of benzene rings is 3. The van der Waals surface area contributed by atoms with E-state index in [0.29, 0.717) is 0 Å². The third-order valence-electron chi connectivity index (χ3n) is 5.24. The topological polar surface area (TPSA) is 12.0 Å². The Bertz CT molecular complexity index is 793. The molecule has 3 aromatic rings. The first-order chi connectivity index (χ1) is 12.6. The Hall–Kier alpha value is -2.80. The number of nitrogens with one attached hydrogen (secondary N) is 1. The molecule has 0 aliphatic heterocycles. The lowest BCUT2D eigenvalue weighted by molar-refractivity contribution is 0.597. The van der Waals surface area contributed by atoms with Crippen LogP contribution in [0.2, 0.25) is 0 Å². The summed E-state index contributed by atoms with van der Waals surface area (Å²) in [7, 11) is 0. The van der Waals surface area contributed by atoms with Crippen molar-refractivity contribution in [2.24, 2.45) is 0 Å². The number of aryl methyl sites for hydroxylation is 1. The van der Waals surface area contributed by atoms with Gasteiger partial charge < -0.3 is 5.32 Å². The van der Waals surface area contributed by atoms with E-state index >= 15 is 0 Å². The molecule has 0 fully saturated rings. The largest absolute Gasteiger partial charge is 0.384 e. The third kappa shape index (κ3) is 3.72. The molecule has 0 heterocycles. The second-order valence-electron chi connectivity index (χ2n) is 6.86. The first kappa shape index (κ1) is 18.0. The van der Waals surface area contributed by atoms with Gasteiger partial charge >= 0.3 is 0 Å². The van der Waals surface area contributed by atoms with Gasteiger partial charge in [-0.05, 0) is 35.6 Å². The molecule has 0 unspecified atom stereocenters. The van der Waals surface area contributed by atoms with Crippen molar-refractivity contribution in [2.75, 3.05) is 0 Å². The first-order valence-electron chi connectivity index (χ1n) is 9.26. The fourth-order valence-corrected chi connectivity index (χ4v) is 3.34. The molecule has 26 heavy (non-hydrogen) atoms. The van der Waals surface area contributed by atoms with Crippen LogP contribution >= 0.6 is 0 Å². The van der Waals surface area contributed by atoms with Crippen molar-refractivity contribution >= 4 is 0 Å². The monoisotopic (exact) mass is 341 g/mol. The molecular weight excluding hydrogens is 314 g/mol. The molecule has 0 spiro atoms. The number of rotatable bonds is 7. The van der Waals surface area contributed by atoms with Gasteiger partial charge in [-0.1, -0.05) is 98.4 Å². The molecule has 0 amide bonds. The van der Waals surface area contributed by atoms with E-state index in [1.165, 1.54) is 22.3 Å². The van der Waals surface area contributed by atoms with Crippen molar-refractivity contribution in [3.05, 3.63) is 119 Å². The van der Waals surface area contributed by atoms with E-state index in [1.54, 1.807) is 0 Å². The van der Waals surface area contributed by atoms with Crippen LogP contribution in [0.15, 0.2) is 97.2 Å². The van der Waals surface area contributed by atoms with Crippen LogP contribution in [0.25, 0.3) is 0 Å². The molecule has 1 nitrogen and oxygen atoms in total. The smallest absolute Gasteiger partial charge is 0.0564 e. The van der Waals surface area contributed by atoms with Gasteiger partial charge in [-0.15, -0.1) is 0 Å². The van der Waals surface area contributed by atoms with Crippen LogP contribution in [0.1, 0.15) is 36.1 Å². The fourth-order valence-electron chi connectivity index (χ4n) is 3.34. The highest BCUT2D eigenvalue weighted by Gasteiger charge is 2.31. The zero-order chi connectivity index (χ0) is 18.4. The van der Waals surface area contributed by atoms with E-state index in [-0.39, 0.29) is 5.41 Å². The minimum absolute atomic E-state index is 0.286. The van der Waals surface area contributed by atoms with Crippen molar-refractivity contribution in [3.63, 3.8) is 0 Å². The van der Waals surface area contributed by atoms with Crippen molar-refractivity contribution in [3.8, 4) is 0 Å². The molecule has 0 radical (unpaired) electrons. The lowest BCUT2D eigenvalue weighted by Crippen LogP contribution is -2.33.